The molecule has 5 atom stereocenters. The predicted molar refractivity (Wildman–Crippen MR) is 70.9 cm³/mol. The van der Waals surface area contributed by atoms with Crippen LogP contribution in [0.2, 0.25) is 0 Å². The van der Waals surface area contributed by atoms with Gasteiger partial charge in [-0.3, -0.25) is 0 Å². The van der Waals surface area contributed by atoms with Crippen molar-refractivity contribution >= 4 is 0 Å². The molecule has 2 bridgehead atoms. The Balaban J connectivity index is 2.04. The molecule has 1 heteroatoms. The normalized spacial score (nSPS) is 55.9. The van der Waals surface area contributed by atoms with Crippen molar-refractivity contribution in [3.8, 4) is 0 Å². The molecule has 0 aliphatic heterocycles. The van der Waals surface area contributed by atoms with Gasteiger partial charge in [0.05, 0.1) is 5.60 Å². The number of hydrogen-bond donors (Lipinski definition) is 0. The van der Waals surface area contributed by atoms with Crippen LogP contribution in [0, 0.1) is 28.6 Å². The second-order valence-electron chi connectivity index (χ2n) is 7.86. The van der Waals surface area contributed by atoms with Crippen molar-refractivity contribution in [1.82, 2.24) is 0 Å². The van der Waals surface area contributed by atoms with E-state index in [-0.39, 0.29) is 5.60 Å². The first-order chi connectivity index (χ1) is 7.87. The van der Waals surface area contributed by atoms with Gasteiger partial charge >= 0.3 is 0 Å². The lowest BCUT2D eigenvalue weighted by atomic mass is 9.64. The maximum atomic E-state index is 5.94. The van der Waals surface area contributed by atoms with E-state index in [0.717, 1.165) is 17.8 Å². The van der Waals surface area contributed by atoms with E-state index in [1.807, 2.05) is 7.11 Å². The Morgan fingerprint density at radius 1 is 1.00 bits per heavy atom. The van der Waals surface area contributed by atoms with Crippen LogP contribution in [0.3, 0.4) is 0 Å². The third-order valence-corrected chi connectivity index (χ3v) is 7.23. The van der Waals surface area contributed by atoms with Gasteiger partial charge in [0.15, 0.2) is 0 Å². The van der Waals surface area contributed by atoms with Crippen LogP contribution in [-0.4, -0.2) is 12.7 Å². The van der Waals surface area contributed by atoms with Crippen molar-refractivity contribution < 1.29 is 4.74 Å². The SMILES string of the molecule is CO[C@]1(C)CC[C@@]23C[C@@H]1C(C)(C)[C@@H]2CC[C@H]3C. The van der Waals surface area contributed by atoms with Crippen LogP contribution in [0.1, 0.15) is 59.8 Å². The third kappa shape index (κ3) is 1.25. The molecule has 1 nitrogen and oxygen atoms in total. The zero-order valence-electron chi connectivity index (χ0n) is 12.2. The molecule has 0 aromatic heterocycles. The Labute approximate surface area is 106 Å². The molecule has 3 aliphatic rings. The van der Waals surface area contributed by atoms with Gasteiger partial charge in [0.2, 0.25) is 0 Å². The minimum atomic E-state index is 0.138. The summed E-state index contributed by atoms with van der Waals surface area (Å²) in [6.45, 7) is 9.90. The van der Waals surface area contributed by atoms with E-state index in [9.17, 15) is 0 Å². The van der Waals surface area contributed by atoms with E-state index in [1.54, 1.807) is 0 Å². The summed E-state index contributed by atoms with van der Waals surface area (Å²) in [4.78, 5) is 0. The molecule has 0 radical (unpaired) electrons. The minimum Gasteiger partial charge on any atom is -0.378 e. The van der Waals surface area contributed by atoms with E-state index >= 15 is 0 Å². The minimum absolute atomic E-state index is 0.138. The highest BCUT2D eigenvalue weighted by Gasteiger charge is 2.68. The zero-order chi connectivity index (χ0) is 12.5. The fourth-order valence-electron chi connectivity index (χ4n) is 6.10. The molecule has 0 heterocycles. The van der Waals surface area contributed by atoms with Crippen LogP contribution < -0.4 is 0 Å². The maximum Gasteiger partial charge on any atom is 0.0684 e. The summed E-state index contributed by atoms with van der Waals surface area (Å²) in [6.07, 6.45) is 7.03. The number of hydrogen-bond acceptors (Lipinski definition) is 1. The van der Waals surface area contributed by atoms with Gasteiger partial charge in [0, 0.05) is 7.11 Å². The van der Waals surface area contributed by atoms with Crippen molar-refractivity contribution in [3.63, 3.8) is 0 Å². The first-order valence-electron chi connectivity index (χ1n) is 7.42. The number of rotatable bonds is 1. The average molecular weight is 236 g/mol. The molecular weight excluding hydrogens is 208 g/mol. The summed E-state index contributed by atoms with van der Waals surface area (Å²) in [6, 6.07) is 0. The Kier molecular flexibility index (Phi) is 2.32. The Morgan fingerprint density at radius 3 is 2.35 bits per heavy atom. The molecule has 3 rings (SSSR count). The van der Waals surface area contributed by atoms with Crippen LogP contribution in [0.4, 0.5) is 0 Å². The van der Waals surface area contributed by atoms with Gasteiger partial charge in [0.25, 0.3) is 0 Å². The Hall–Kier alpha value is -0.0400. The molecule has 0 amide bonds. The lowest BCUT2D eigenvalue weighted by Crippen LogP contribution is -2.45. The average Bonchev–Trinajstić information content (AvgIpc) is 2.70. The molecule has 17 heavy (non-hydrogen) atoms. The molecule has 3 fully saturated rings. The molecule has 0 unspecified atom stereocenters. The summed E-state index contributed by atoms with van der Waals surface area (Å²) in [5, 5.41) is 0. The van der Waals surface area contributed by atoms with E-state index in [2.05, 4.69) is 27.7 Å². The molecule has 1 spiro atoms. The van der Waals surface area contributed by atoms with E-state index in [0.29, 0.717) is 10.8 Å². The fraction of sp³-hybridized carbons (Fsp3) is 1.00. The molecule has 0 aromatic carbocycles. The highest BCUT2D eigenvalue weighted by molar-refractivity contribution is 5.17. The van der Waals surface area contributed by atoms with Crippen molar-refractivity contribution in [2.24, 2.45) is 28.6 Å². The van der Waals surface area contributed by atoms with Gasteiger partial charge < -0.3 is 4.74 Å². The first-order valence-corrected chi connectivity index (χ1v) is 7.42. The standard InChI is InChI=1S/C16H28O/c1-11-6-7-12-14(2,3)13-10-16(11,12)9-8-15(13,4)17-5/h11-13H,6-10H2,1-5H3/t11-,12+,13-,15-,16+/m1/s1. The van der Waals surface area contributed by atoms with Gasteiger partial charge in [-0.15, -0.1) is 0 Å². The molecule has 0 saturated heterocycles. The summed E-state index contributed by atoms with van der Waals surface area (Å²) < 4.78 is 5.94. The summed E-state index contributed by atoms with van der Waals surface area (Å²) >= 11 is 0. The number of methoxy groups -OCH3 is 1. The van der Waals surface area contributed by atoms with Crippen molar-refractivity contribution in [2.45, 2.75) is 65.4 Å². The summed E-state index contributed by atoms with van der Waals surface area (Å²) in [5.74, 6) is 2.66. The monoisotopic (exact) mass is 236 g/mol. The smallest absolute Gasteiger partial charge is 0.0684 e. The van der Waals surface area contributed by atoms with Gasteiger partial charge in [-0.05, 0) is 67.6 Å². The van der Waals surface area contributed by atoms with Crippen molar-refractivity contribution in [3.05, 3.63) is 0 Å². The summed E-state index contributed by atoms with van der Waals surface area (Å²) in [5.41, 5.74) is 1.29. The second-order valence-corrected chi connectivity index (χ2v) is 7.86. The highest BCUT2D eigenvalue weighted by atomic mass is 16.5. The van der Waals surface area contributed by atoms with Crippen LogP contribution in [-0.2, 0) is 4.74 Å². The van der Waals surface area contributed by atoms with E-state index in [1.165, 1.54) is 32.1 Å². The molecule has 0 aromatic rings. The first kappa shape index (κ1) is 12.0. The lowest BCUT2D eigenvalue weighted by Gasteiger charge is -2.46. The molecular formula is C16H28O. The van der Waals surface area contributed by atoms with Crippen LogP contribution in [0.15, 0.2) is 0 Å². The van der Waals surface area contributed by atoms with Gasteiger partial charge in [-0.25, -0.2) is 0 Å². The fourth-order valence-corrected chi connectivity index (χ4v) is 6.10. The van der Waals surface area contributed by atoms with Crippen molar-refractivity contribution in [2.75, 3.05) is 7.11 Å². The van der Waals surface area contributed by atoms with Gasteiger partial charge in [0.1, 0.15) is 0 Å². The van der Waals surface area contributed by atoms with Crippen LogP contribution in [0.5, 0.6) is 0 Å². The topological polar surface area (TPSA) is 9.23 Å². The number of fused-ring (bicyclic) bond motifs is 1. The Bertz CT molecular complexity index is 334. The zero-order valence-corrected chi connectivity index (χ0v) is 12.2. The number of ether oxygens (including phenoxy) is 1. The molecule has 3 aliphatic carbocycles. The third-order valence-electron chi connectivity index (χ3n) is 7.23. The van der Waals surface area contributed by atoms with Gasteiger partial charge in [-0.1, -0.05) is 20.8 Å². The van der Waals surface area contributed by atoms with Crippen LogP contribution in [0.25, 0.3) is 0 Å². The van der Waals surface area contributed by atoms with Gasteiger partial charge in [-0.2, -0.15) is 0 Å². The van der Waals surface area contributed by atoms with E-state index < -0.39 is 0 Å². The predicted octanol–water partition coefficient (Wildman–Crippen LogP) is 4.26. The molecule has 3 saturated carbocycles. The lowest BCUT2D eigenvalue weighted by molar-refractivity contribution is -0.100. The quantitative estimate of drug-likeness (QED) is 0.661. The van der Waals surface area contributed by atoms with Crippen LogP contribution >= 0.6 is 0 Å². The van der Waals surface area contributed by atoms with Crippen molar-refractivity contribution in [1.29, 1.82) is 0 Å². The maximum absolute atomic E-state index is 5.94. The highest BCUT2D eigenvalue weighted by Crippen LogP contribution is 2.73. The summed E-state index contributed by atoms with van der Waals surface area (Å²) in [7, 11) is 1.92. The Morgan fingerprint density at radius 2 is 1.71 bits per heavy atom. The largest absolute Gasteiger partial charge is 0.378 e. The molecule has 98 valence electrons. The molecule has 0 N–H and O–H groups in total. The van der Waals surface area contributed by atoms with E-state index in [4.69, 9.17) is 4.74 Å². The second kappa shape index (κ2) is 3.29.